The average molecular weight is 284 g/mol. The van der Waals surface area contributed by atoms with Crippen LogP contribution in [0.5, 0.6) is 0 Å². The minimum absolute atomic E-state index is 0.0613. The quantitative estimate of drug-likeness (QED) is 0.613. The molecule has 0 aliphatic heterocycles. The van der Waals surface area contributed by atoms with Gasteiger partial charge in [-0.05, 0) is 24.6 Å². The van der Waals surface area contributed by atoms with Crippen molar-refractivity contribution in [1.29, 1.82) is 0 Å². The van der Waals surface area contributed by atoms with Gasteiger partial charge in [0.05, 0.1) is 4.90 Å². The maximum absolute atomic E-state index is 11.9. The number of rotatable bonds is 6. The van der Waals surface area contributed by atoms with Gasteiger partial charge in [-0.25, -0.2) is 8.42 Å². The van der Waals surface area contributed by atoms with E-state index >= 15 is 0 Å². The van der Waals surface area contributed by atoms with E-state index in [0.717, 1.165) is 25.5 Å². The van der Waals surface area contributed by atoms with Crippen molar-refractivity contribution in [2.45, 2.75) is 31.1 Å². The maximum Gasteiger partial charge on any atom is 0.251 e. The summed E-state index contributed by atoms with van der Waals surface area (Å²) in [6, 6.07) is 4.17. The summed E-state index contributed by atoms with van der Waals surface area (Å²) >= 11 is 0. The summed E-state index contributed by atoms with van der Waals surface area (Å²) < 4.78 is 22.9. The zero-order chi connectivity index (χ0) is 14.5. The summed E-state index contributed by atoms with van der Waals surface area (Å²) in [4.78, 5) is 11.9. The molecule has 0 saturated carbocycles. The first-order valence-electron chi connectivity index (χ1n) is 6.23. The molecule has 106 valence electrons. The zero-order valence-electron chi connectivity index (χ0n) is 11.3. The molecule has 0 aliphatic carbocycles. The summed E-state index contributed by atoms with van der Waals surface area (Å²) in [6.07, 6.45) is 4.12. The number of nitrogens with two attached hydrogens (primary N) is 1. The summed E-state index contributed by atoms with van der Waals surface area (Å²) in [5.41, 5.74) is 6.17. The van der Waals surface area contributed by atoms with Crippen molar-refractivity contribution in [2.24, 2.45) is 0 Å². The van der Waals surface area contributed by atoms with Crippen molar-refractivity contribution < 1.29 is 13.2 Å². The van der Waals surface area contributed by atoms with Crippen molar-refractivity contribution in [3.05, 3.63) is 23.8 Å². The standard InChI is InChI=1S/C13H20N2O3S/c1-3-4-5-6-15-13(16)10-7-11(14)9-12(8-10)19(2,17)18/h7-9H,3-6,14H2,1-2H3,(H,15,16). The number of carbonyl (C=O) groups is 1. The van der Waals surface area contributed by atoms with Gasteiger partial charge in [0, 0.05) is 24.1 Å². The van der Waals surface area contributed by atoms with Gasteiger partial charge in [-0.15, -0.1) is 0 Å². The number of carbonyl (C=O) groups excluding carboxylic acids is 1. The van der Waals surface area contributed by atoms with Gasteiger partial charge in [-0.1, -0.05) is 19.8 Å². The van der Waals surface area contributed by atoms with Crippen molar-refractivity contribution >= 4 is 21.4 Å². The van der Waals surface area contributed by atoms with E-state index in [-0.39, 0.29) is 22.1 Å². The number of hydrogen-bond donors (Lipinski definition) is 2. The Balaban J connectivity index is 2.83. The highest BCUT2D eigenvalue weighted by Crippen LogP contribution is 2.16. The van der Waals surface area contributed by atoms with Gasteiger partial charge < -0.3 is 11.1 Å². The largest absolute Gasteiger partial charge is 0.399 e. The van der Waals surface area contributed by atoms with Crippen LogP contribution in [0.2, 0.25) is 0 Å². The number of sulfone groups is 1. The van der Waals surface area contributed by atoms with E-state index in [0.29, 0.717) is 6.54 Å². The van der Waals surface area contributed by atoms with Gasteiger partial charge in [-0.2, -0.15) is 0 Å². The average Bonchev–Trinajstić information content (AvgIpc) is 2.32. The molecule has 19 heavy (non-hydrogen) atoms. The number of nitrogen functional groups attached to an aromatic ring is 1. The normalized spacial score (nSPS) is 11.3. The van der Waals surface area contributed by atoms with Crippen LogP contribution in [0.15, 0.2) is 23.1 Å². The SMILES string of the molecule is CCCCCNC(=O)c1cc(N)cc(S(C)(=O)=O)c1. The lowest BCUT2D eigenvalue weighted by Crippen LogP contribution is -2.24. The second-order valence-corrected chi connectivity index (χ2v) is 6.54. The minimum atomic E-state index is -3.37. The predicted octanol–water partition coefficient (Wildman–Crippen LogP) is 1.59. The first-order chi connectivity index (χ1) is 8.84. The molecule has 1 amide bonds. The second-order valence-electron chi connectivity index (χ2n) is 4.53. The van der Waals surface area contributed by atoms with Crippen LogP contribution in [0.4, 0.5) is 5.69 Å². The second kappa shape index (κ2) is 6.56. The fraction of sp³-hybridized carbons (Fsp3) is 0.462. The zero-order valence-corrected chi connectivity index (χ0v) is 12.1. The molecule has 1 rings (SSSR count). The third-order valence-electron chi connectivity index (χ3n) is 2.69. The monoisotopic (exact) mass is 284 g/mol. The highest BCUT2D eigenvalue weighted by molar-refractivity contribution is 7.90. The smallest absolute Gasteiger partial charge is 0.251 e. The molecule has 1 aromatic rings. The van der Waals surface area contributed by atoms with Gasteiger partial charge in [-0.3, -0.25) is 4.79 Å². The molecule has 0 spiro atoms. The molecule has 0 aromatic heterocycles. The van der Waals surface area contributed by atoms with Crippen LogP contribution in [0, 0.1) is 0 Å². The van der Waals surface area contributed by atoms with Gasteiger partial charge in [0.1, 0.15) is 0 Å². The van der Waals surface area contributed by atoms with Gasteiger partial charge in [0.2, 0.25) is 0 Å². The number of nitrogens with one attached hydrogen (secondary N) is 1. The van der Waals surface area contributed by atoms with Crippen LogP contribution in [0.25, 0.3) is 0 Å². The molecular weight excluding hydrogens is 264 g/mol. The molecular formula is C13H20N2O3S. The van der Waals surface area contributed by atoms with Crippen LogP contribution in [0.1, 0.15) is 36.5 Å². The first kappa shape index (κ1) is 15.5. The Morgan fingerprint density at radius 1 is 1.26 bits per heavy atom. The molecule has 0 aliphatic rings. The fourth-order valence-corrected chi connectivity index (χ4v) is 2.34. The Morgan fingerprint density at radius 2 is 1.95 bits per heavy atom. The number of unbranched alkanes of at least 4 members (excludes halogenated alkanes) is 2. The van der Waals surface area contributed by atoms with Gasteiger partial charge >= 0.3 is 0 Å². The molecule has 0 radical (unpaired) electrons. The van der Waals surface area contributed by atoms with Crippen LogP contribution in [0.3, 0.4) is 0 Å². The maximum atomic E-state index is 11.9. The lowest BCUT2D eigenvalue weighted by Gasteiger charge is -2.07. The van der Waals surface area contributed by atoms with Crippen molar-refractivity contribution in [3.8, 4) is 0 Å². The van der Waals surface area contributed by atoms with Crippen LogP contribution >= 0.6 is 0 Å². The molecule has 0 heterocycles. The number of benzene rings is 1. The summed E-state index contributed by atoms with van der Waals surface area (Å²) in [5.74, 6) is -0.298. The van der Waals surface area contributed by atoms with Crippen LogP contribution < -0.4 is 11.1 Å². The minimum Gasteiger partial charge on any atom is -0.399 e. The summed E-state index contributed by atoms with van der Waals surface area (Å²) in [5, 5.41) is 2.75. The lowest BCUT2D eigenvalue weighted by atomic mass is 10.2. The van der Waals surface area contributed by atoms with E-state index in [1.807, 2.05) is 0 Å². The highest BCUT2D eigenvalue weighted by Gasteiger charge is 2.13. The molecule has 0 fully saturated rings. The van der Waals surface area contributed by atoms with Gasteiger partial charge in [0.25, 0.3) is 5.91 Å². The predicted molar refractivity (Wildman–Crippen MR) is 75.8 cm³/mol. The van der Waals surface area contributed by atoms with Crippen molar-refractivity contribution in [2.75, 3.05) is 18.5 Å². The molecule has 1 aromatic carbocycles. The number of amides is 1. The Kier molecular flexibility index (Phi) is 5.35. The van der Waals surface area contributed by atoms with E-state index in [4.69, 9.17) is 5.73 Å². The summed E-state index contributed by atoms with van der Waals surface area (Å²) in [6.45, 7) is 2.66. The Hall–Kier alpha value is -1.56. The number of hydrogen-bond acceptors (Lipinski definition) is 4. The molecule has 0 saturated heterocycles. The van der Waals surface area contributed by atoms with E-state index in [1.165, 1.54) is 18.2 Å². The molecule has 3 N–H and O–H groups in total. The topological polar surface area (TPSA) is 89.3 Å². The number of anilines is 1. The van der Waals surface area contributed by atoms with Crippen LogP contribution in [-0.4, -0.2) is 27.1 Å². The fourth-order valence-electron chi connectivity index (χ4n) is 1.65. The highest BCUT2D eigenvalue weighted by atomic mass is 32.2. The Labute approximate surface area is 114 Å². The van der Waals surface area contributed by atoms with Crippen molar-refractivity contribution in [1.82, 2.24) is 5.32 Å². The molecule has 5 nitrogen and oxygen atoms in total. The third kappa shape index (κ3) is 4.90. The van der Waals surface area contributed by atoms with Gasteiger partial charge in [0.15, 0.2) is 9.84 Å². The Bertz CT molecular complexity index is 553. The molecule has 0 bridgehead atoms. The molecule has 0 unspecified atom stereocenters. The summed E-state index contributed by atoms with van der Waals surface area (Å²) in [7, 11) is -3.37. The first-order valence-corrected chi connectivity index (χ1v) is 8.12. The van der Waals surface area contributed by atoms with Crippen LogP contribution in [-0.2, 0) is 9.84 Å². The van der Waals surface area contributed by atoms with E-state index in [1.54, 1.807) is 0 Å². The third-order valence-corrected chi connectivity index (χ3v) is 3.78. The van der Waals surface area contributed by atoms with Crippen molar-refractivity contribution in [3.63, 3.8) is 0 Å². The van der Waals surface area contributed by atoms with E-state index in [9.17, 15) is 13.2 Å². The molecule has 0 atom stereocenters. The lowest BCUT2D eigenvalue weighted by molar-refractivity contribution is 0.0953. The Morgan fingerprint density at radius 3 is 2.53 bits per heavy atom. The van der Waals surface area contributed by atoms with E-state index in [2.05, 4.69) is 12.2 Å². The van der Waals surface area contributed by atoms with E-state index < -0.39 is 9.84 Å². The molecule has 6 heteroatoms.